The largest absolute Gasteiger partial charge is 0.312 e. The molecular weight excluding hydrogens is 196 g/mol. The first-order chi connectivity index (χ1) is 7.61. The molecule has 2 aliphatic heterocycles. The van der Waals surface area contributed by atoms with E-state index in [4.69, 9.17) is 0 Å². The smallest absolute Gasteiger partial charge is 0.0128 e. The Bertz CT molecular complexity index is 225. The van der Waals surface area contributed by atoms with Crippen molar-refractivity contribution in [2.75, 3.05) is 19.6 Å². The van der Waals surface area contributed by atoms with Gasteiger partial charge in [-0.15, -0.1) is 0 Å². The molecule has 2 atom stereocenters. The van der Waals surface area contributed by atoms with Gasteiger partial charge in [0.25, 0.3) is 0 Å². The van der Waals surface area contributed by atoms with Crippen LogP contribution in [0.25, 0.3) is 0 Å². The quantitative estimate of drug-likeness (QED) is 0.793. The Morgan fingerprint density at radius 3 is 2.75 bits per heavy atom. The molecule has 2 rings (SSSR count). The van der Waals surface area contributed by atoms with Crippen LogP contribution in [-0.2, 0) is 0 Å². The van der Waals surface area contributed by atoms with Gasteiger partial charge in [-0.25, -0.2) is 0 Å². The minimum absolute atomic E-state index is 0.385. The van der Waals surface area contributed by atoms with Crippen LogP contribution in [0.5, 0.6) is 0 Å². The molecule has 2 unspecified atom stereocenters. The number of nitrogens with zero attached hydrogens (tertiary/aromatic N) is 1. The van der Waals surface area contributed by atoms with E-state index in [2.05, 4.69) is 31.0 Å². The fraction of sp³-hybridized carbons (Fsp3) is 1.00. The lowest BCUT2D eigenvalue weighted by atomic mass is 9.88. The number of nitrogens with one attached hydrogen (secondary N) is 1. The summed E-state index contributed by atoms with van der Waals surface area (Å²) in [7, 11) is 0. The van der Waals surface area contributed by atoms with Gasteiger partial charge in [-0.1, -0.05) is 13.3 Å². The Balaban J connectivity index is 1.84. The highest BCUT2D eigenvalue weighted by atomic mass is 15.2. The first-order valence-electron chi connectivity index (χ1n) is 7.10. The summed E-state index contributed by atoms with van der Waals surface area (Å²) < 4.78 is 0. The summed E-state index contributed by atoms with van der Waals surface area (Å²) in [5.74, 6) is 0.909. The molecule has 0 saturated carbocycles. The van der Waals surface area contributed by atoms with Crippen LogP contribution in [0.4, 0.5) is 0 Å². The predicted molar refractivity (Wildman–Crippen MR) is 69.7 cm³/mol. The first kappa shape index (κ1) is 12.4. The van der Waals surface area contributed by atoms with E-state index in [9.17, 15) is 0 Å². The fourth-order valence-electron chi connectivity index (χ4n) is 3.58. The van der Waals surface area contributed by atoms with Crippen molar-refractivity contribution in [3.05, 3.63) is 0 Å². The predicted octanol–water partition coefficient (Wildman–Crippen LogP) is 2.64. The van der Waals surface area contributed by atoms with E-state index in [-0.39, 0.29) is 0 Å². The Morgan fingerprint density at radius 2 is 2.12 bits per heavy atom. The van der Waals surface area contributed by atoms with Crippen molar-refractivity contribution >= 4 is 0 Å². The van der Waals surface area contributed by atoms with E-state index in [0.29, 0.717) is 5.54 Å². The molecule has 2 saturated heterocycles. The van der Waals surface area contributed by atoms with Gasteiger partial charge in [0.2, 0.25) is 0 Å². The Labute approximate surface area is 101 Å². The summed E-state index contributed by atoms with van der Waals surface area (Å²) in [5, 5.41) is 3.65. The zero-order valence-electron chi connectivity index (χ0n) is 11.3. The van der Waals surface area contributed by atoms with Crippen LogP contribution in [0.15, 0.2) is 0 Å². The molecule has 2 heteroatoms. The standard InChI is InChI=1S/C14H28N2/c1-4-16-8-6-5-7-13(16)9-12-10-14(2,3)15-11-12/h12-13,15H,4-11H2,1-3H3. The van der Waals surface area contributed by atoms with Gasteiger partial charge in [0.1, 0.15) is 0 Å². The average Bonchev–Trinajstić information content (AvgIpc) is 2.59. The van der Waals surface area contributed by atoms with Crippen LogP contribution < -0.4 is 5.32 Å². The SMILES string of the molecule is CCN1CCCCC1CC1CNC(C)(C)C1. The molecule has 0 aromatic carbocycles. The van der Waals surface area contributed by atoms with E-state index in [0.717, 1.165) is 12.0 Å². The van der Waals surface area contributed by atoms with Crippen LogP contribution >= 0.6 is 0 Å². The van der Waals surface area contributed by atoms with Gasteiger partial charge in [-0.3, -0.25) is 0 Å². The molecule has 2 heterocycles. The molecule has 0 spiro atoms. The summed E-state index contributed by atoms with van der Waals surface area (Å²) in [6.45, 7) is 10.8. The van der Waals surface area contributed by atoms with Gasteiger partial charge in [0, 0.05) is 11.6 Å². The summed E-state index contributed by atoms with van der Waals surface area (Å²) in [5.41, 5.74) is 0.385. The summed E-state index contributed by atoms with van der Waals surface area (Å²) in [4.78, 5) is 2.70. The molecule has 94 valence electrons. The minimum Gasteiger partial charge on any atom is -0.312 e. The Kier molecular flexibility index (Phi) is 3.91. The molecule has 0 aromatic heterocycles. The molecule has 2 fully saturated rings. The normalized spacial score (nSPS) is 35.4. The summed E-state index contributed by atoms with van der Waals surface area (Å²) in [6, 6.07) is 0.874. The molecule has 0 aromatic rings. The van der Waals surface area contributed by atoms with Crippen molar-refractivity contribution in [3.63, 3.8) is 0 Å². The molecule has 2 nitrogen and oxygen atoms in total. The van der Waals surface area contributed by atoms with Crippen molar-refractivity contribution < 1.29 is 0 Å². The highest BCUT2D eigenvalue weighted by Gasteiger charge is 2.33. The van der Waals surface area contributed by atoms with Gasteiger partial charge in [0.05, 0.1) is 0 Å². The van der Waals surface area contributed by atoms with Crippen molar-refractivity contribution in [2.45, 2.75) is 64.5 Å². The lowest BCUT2D eigenvalue weighted by Gasteiger charge is -2.36. The Morgan fingerprint density at radius 1 is 1.31 bits per heavy atom. The van der Waals surface area contributed by atoms with Gasteiger partial charge in [-0.2, -0.15) is 0 Å². The zero-order valence-corrected chi connectivity index (χ0v) is 11.3. The second kappa shape index (κ2) is 5.05. The molecule has 0 bridgehead atoms. The molecule has 0 aliphatic carbocycles. The maximum atomic E-state index is 3.65. The number of hydrogen-bond acceptors (Lipinski definition) is 2. The average molecular weight is 224 g/mol. The third kappa shape index (κ3) is 2.98. The van der Waals surface area contributed by atoms with E-state index in [1.54, 1.807) is 0 Å². The molecular formula is C14H28N2. The number of piperidine rings is 1. The van der Waals surface area contributed by atoms with Gasteiger partial charge in [0.15, 0.2) is 0 Å². The van der Waals surface area contributed by atoms with Crippen molar-refractivity contribution in [3.8, 4) is 0 Å². The van der Waals surface area contributed by atoms with E-state index in [1.807, 2.05) is 0 Å². The van der Waals surface area contributed by atoms with Crippen LogP contribution in [0.2, 0.25) is 0 Å². The summed E-state index contributed by atoms with van der Waals surface area (Å²) in [6.07, 6.45) is 7.08. The fourth-order valence-corrected chi connectivity index (χ4v) is 3.58. The van der Waals surface area contributed by atoms with Gasteiger partial charge in [-0.05, 0) is 65.1 Å². The monoisotopic (exact) mass is 224 g/mol. The van der Waals surface area contributed by atoms with Crippen LogP contribution in [0, 0.1) is 5.92 Å². The lowest BCUT2D eigenvalue weighted by Crippen LogP contribution is -2.40. The third-order valence-electron chi connectivity index (χ3n) is 4.43. The highest BCUT2D eigenvalue weighted by Crippen LogP contribution is 2.30. The molecule has 0 amide bonds. The molecule has 2 aliphatic rings. The molecule has 1 N–H and O–H groups in total. The number of hydrogen-bond donors (Lipinski definition) is 1. The maximum Gasteiger partial charge on any atom is 0.0128 e. The molecule has 0 radical (unpaired) electrons. The summed E-state index contributed by atoms with van der Waals surface area (Å²) >= 11 is 0. The number of rotatable bonds is 3. The topological polar surface area (TPSA) is 15.3 Å². The van der Waals surface area contributed by atoms with Crippen LogP contribution in [-0.4, -0.2) is 36.1 Å². The van der Waals surface area contributed by atoms with Crippen LogP contribution in [0.1, 0.15) is 52.9 Å². The lowest BCUT2D eigenvalue weighted by molar-refractivity contribution is 0.133. The van der Waals surface area contributed by atoms with E-state index in [1.165, 1.54) is 51.7 Å². The zero-order chi connectivity index (χ0) is 11.6. The van der Waals surface area contributed by atoms with E-state index >= 15 is 0 Å². The minimum atomic E-state index is 0.385. The second-order valence-electron chi connectivity index (χ2n) is 6.35. The van der Waals surface area contributed by atoms with Gasteiger partial charge < -0.3 is 10.2 Å². The van der Waals surface area contributed by atoms with Crippen molar-refractivity contribution in [2.24, 2.45) is 5.92 Å². The highest BCUT2D eigenvalue weighted by molar-refractivity contribution is 4.91. The van der Waals surface area contributed by atoms with Gasteiger partial charge >= 0.3 is 0 Å². The van der Waals surface area contributed by atoms with Crippen LogP contribution in [0.3, 0.4) is 0 Å². The number of likely N-dealkylation sites (tertiary alicyclic amines) is 1. The van der Waals surface area contributed by atoms with E-state index < -0.39 is 0 Å². The maximum absolute atomic E-state index is 3.65. The van der Waals surface area contributed by atoms with Crippen molar-refractivity contribution in [1.82, 2.24) is 10.2 Å². The van der Waals surface area contributed by atoms with Crippen molar-refractivity contribution in [1.29, 1.82) is 0 Å². The second-order valence-corrected chi connectivity index (χ2v) is 6.35. The first-order valence-corrected chi connectivity index (χ1v) is 7.10. The third-order valence-corrected chi connectivity index (χ3v) is 4.43. The Hall–Kier alpha value is -0.0800. The molecule has 16 heavy (non-hydrogen) atoms.